The van der Waals surface area contributed by atoms with E-state index in [-0.39, 0.29) is 88.4 Å². The van der Waals surface area contributed by atoms with Crippen LogP contribution in [0.2, 0.25) is 0 Å². The number of allylic oxidation sites excluding steroid dienone is 4. The number of nitrogens with one attached hydrogen (secondary N) is 4. The molecular formula is C61H78N12O14. The molecule has 0 saturated carbocycles. The first-order valence-electron chi connectivity index (χ1n) is 28.4. The Morgan fingerprint density at radius 1 is 0.770 bits per heavy atom. The Labute approximate surface area is 502 Å². The average molecular weight is 1200 g/mol. The van der Waals surface area contributed by atoms with Crippen LogP contribution in [-0.4, -0.2) is 149 Å². The molecule has 466 valence electrons. The molecule has 2 aromatic rings. The number of esters is 3. The number of ether oxygens (including phenoxy) is 3. The number of Topliss-reactive ketones (excluding diaryl/α,β-unsaturated/α-hetero) is 2. The summed E-state index contributed by atoms with van der Waals surface area (Å²) in [6, 6.07) is -3.31. The van der Waals surface area contributed by atoms with Crippen LogP contribution in [0, 0.1) is 31.1 Å². The molecular weight excluding hydrogens is 1120 g/mol. The number of rotatable bonds is 29. The summed E-state index contributed by atoms with van der Waals surface area (Å²) in [5.74, 6) is -10.1. The fourth-order valence-corrected chi connectivity index (χ4v) is 11.5. The summed E-state index contributed by atoms with van der Waals surface area (Å²) in [5, 5.41) is 25.9. The largest absolute Gasteiger partial charge is 0.481 e. The second-order valence-electron chi connectivity index (χ2n) is 21.9. The SMILES string of the molecule is C=Cc1c(C)/c2[nH]c1=CC1=NC(Cc3[nH]c(c(C)c3CCC(=O)OC)/C=C3N=C(\C=2)C2=CC=C(C(=O)OC)C(C(=O)OC)C2\3C)C(CCC(=O)NC(CCCN=C(N)N)C(=O)CCC(=O)NC(CC(=O)O)C(=O)C[C@@H](CCCN=C(N)N)C(=O)O)=C1C. The first kappa shape index (κ1) is 66.6. The maximum Gasteiger partial charge on any atom is 0.334 e. The molecule has 26 heteroatoms. The van der Waals surface area contributed by atoms with E-state index in [2.05, 4.69) is 37.2 Å². The minimum Gasteiger partial charge on any atom is -0.481 e. The van der Waals surface area contributed by atoms with Gasteiger partial charge in [-0.2, -0.15) is 0 Å². The lowest BCUT2D eigenvalue weighted by molar-refractivity contribution is -0.150. The molecule has 6 atom stereocenters. The second-order valence-corrected chi connectivity index (χ2v) is 21.9. The van der Waals surface area contributed by atoms with Gasteiger partial charge < -0.3 is 68.0 Å². The van der Waals surface area contributed by atoms with Crippen LogP contribution in [0.1, 0.15) is 118 Å². The number of carboxylic acid groups (broad SMARTS) is 2. The number of aromatic amines is 2. The quantitative estimate of drug-likeness (QED) is 0.0182. The Balaban J connectivity index is 1.32. The number of methoxy groups -OCH3 is 3. The monoisotopic (exact) mass is 1200 g/mol. The van der Waals surface area contributed by atoms with Crippen molar-refractivity contribution in [2.45, 2.75) is 129 Å². The summed E-state index contributed by atoms with van der Waals surface area (Å²) in [6.45, 7) is 11.9. The van der Waals surface area contributed by atoms with Crippen LogP contribution in [0.4, 0.5) is 0 Å². The highest BCUT2D eigenvalue weighted by Crippen LogP contribution is 2.54. The number of nitrogens with zero attached hydrogens (tertiary/aromatic N) is 4. The number of ketones is 2. The number of carboxylic acids is 2. The van der Waals surface area contributed by atoms with Crippen LogP contribution in [0.5, 0.6) is 0 Å². The minimum atomic E-state index is -1.60. The normalized spacial score (nSPS) is 19.4. The summed E-state index contributed by atoms with van der Waals surface area (Å²) in [4.78, 5) is 144. The van der Waals surface area contributed by atoms with Gasteiger partial charge in [0.05, 0.1) is 79.9 Å². The van der Waals surface area contributed by atoms with Gasteiger partial charge in [0.15, 0.2) is 23.5 Å². The van der Waals surface area contributed by atoms with E-state index in [1.54, 1.807) is 18.2 Å². The Kier molecular flexibility index (Phi) is 22.6. The fourth-order valence-electron chi connectivity index (χ4n) is 11.5. The summed E-state index contributed by atoms with van der Waals surface area (Å²) in [6.07, 6.45) is 9.38. The lowest BCUT2D eigenvalue weighted by atomic mass is 9.64. The molecule has 0 spiro atoms. The van der Waals surface area contributed by atoms with E-state index >= 15 is 0 Å². The third-order valence-corrected chi connectivity index (χ3v) is 16.3. The number of hydrogen-bond acceptors (Lipinski definition) is 16. The molecule has 1 aliphatic carbocycles. The number of carbonyl (C=O) groups excluding carboxylic acids is 7. The maximum atomic E-state index is 14.2. The van der Waals surface area contributed by atoms with Crippen LogP contribution < -0.4 is 44.3 Å². The van der Waals surface area contributed by atoms with Gasteiger partial charge >= 0.3 is 29.8 Å². The Bertz CT molecular complexity index is 3510. The molecule has 0 radical (unpaired) electrons. The van der Waals surface area contributed by atoms with E-state index in [1.165, 1.54) is 21.3 Å². The zero-order chi connectivity index (χ0) is 64.0. The molecule has 0 fully saturated rings. The van der Waals surface area contributed by atoms with Crippen LogP contribution in [0.25, 0.3) is 24.3 Å². The van der Waals surface area contributed by atoms with Crippen molar-refractivity contribution >= 4 is 101 Å². The van der Waals surface area contributed by atoms with Gasteiger partial charge in [0, 0.05) is 79.3 Å². The first-order chi connectivity index (χ1) is 41.3. The van der Waals surface area contributed by atoms with Crippen LogP contribution in [0.3, 0.4) is 0 Å². The predicted molar refractivity (Wildman–Crippen MR) is 325 cm³/mol. The molecule has 3 aliphatic heterocycles. The van der Waals surface area contributed by atoms with E-state index < -0.39 is 114 Å². The number of aliphatic imine (C=N–C) groups is 4. The van der Waals surface area contributed by atoms with Crippen molar-refractivity contribution in [1.82, 2.24) is 20.6 Å². The smallest absolute Gasteiger partial charge is 0.334 e. The van der Waals surface area contributed by atoms with Gasteiger partial charge in [0.2, 0.25) is 11.8 Å². The highest BCUT2D eigenvalue weighted by Gasteiger charge is 2.55. The standard InChI is InChI=1S/C61H78N12O14/c1-9-34-30(2)41-26-46-38-17-14-37(57(83)86-7)55(58(84)87-8)61(38,5)50(71-46)28-42-32(4)36(16-21-54(80)85-6)45(70-42)27-44-35(31(3)40(69-44)25-43(34)68-41)15-19-51(76)72-39(13-11-23-67-60(64)65)48(74)18-20-52(77)73-47(29-53(78)79)49(75)24-33(56(81)82)12-10-22-66-59(62)63/h9,14,17,25-26,28,33,39,44,47,55,68,70H,1,10-13,15-16,18-24,27,29H2,2-8H3,(H,72,76)(H,73,77)(H,78,79)(H,81,82)(H4,62,63,66)(H4,64,65,67)/b41-26-,43-25?,50-28-/t33-,39?,44?,47?,55?,61?/m1/s1. The fraction of sp³-hybridized carbons (Fsp3) is 0.459. The zero-order valence-corrected chi connectivity index (χ0v) is 50.1. The topological polar surface area (TPSA) is 431 Å². The number of amides is 2. The summed E-state index contributed by atoms with van der Waals surface area (Å²) in [7, 11) is 3.80. The van der Waals surface area contributed by atoms with Gasteiger partial charge in [-0.1, -0.05) is 24.8 Å². The van der Waals surface area contributed by atoms with Crippen molar-refractivity contribution in [3.05, 3.63) is 91.1 Å². The van der Waals surface area contributed by atoms with E-state index in [9.17, 15) is 53.4 Å². The van der Waals surface area contributed by atoms with Crippen LogP contribution in [0.15, 0.2) is 66.7 Å². The van der Waals surface area contributed by atoms with Gasteiger partial charge in [-0.25, -0.2) is 4.79 Å². The molecule has 0 saturated heterocycles. The third kappa shape index (κ3) is 16.1. The number of nitrogens with two attached hydrogens (primary N) is 4. The molecule has 5 unspecified atom stereocenters. The van der Waals surface area contributed by atoms with Crippen molar-refractivity contribution in [2.75, 3.05) is 34.4 Å². The number of fused-ring (bicyclic) bond motifs is 9. The second kappa shape index (κ2) is 29.5. The Morgan fingerprint density at radius 3 is 2.05 bits per heavy atom. The maximum absolute atomic E-state index is 14.2. The van der Waals surface area contributed by atoms with Crippen LogP contribution in [-0.2, 0) is 70.2 Å². The third-order valence-electron chi connectivity index (χ3n) is 16.3. The first-order valence-corrected chi connectivity index (χ1v) is 28.4. The molecule has 0 aromatic carbocycles. The zero-order valence-electron chi connectivity index (χ0n) is 50.1. The molecule has 26 nitrogen and oxygen atoms in total. The van der Waals surface area contributed by atoms with Crippen LogP contribution >= 0.6 is 0 Å². The molecule has 6 rings (SSSR count). The highest BCUT2D eigenvalue weighted by atomic mass is 16.5. The molecule has 4 aliphatic rings. The van der Waals surface area contributed by atoms with E-state index in [4.69, 9.17) is 47.1 Å². The highest BCUT2D eigenvalue weighted by molar-refractivity contribution is 6.25. The summed E-state index contributed by atoms with van der Waals surface area (Å²) >= 11 is 0. The van der Waals surface area contributed by atoms with Gasteiger partial charge in [-0.15, -0.1) is 0 Å². The van der Waals surface area contributed by atoms with E-state index in [0.29, 0.717) is 39.1 Å². The predicted octanol–water partition coefficient (Wildman–Crippen LogP) is 1.64. The average Bonchev–Trinajstić information content (AvgIpc) is 1.64. The number of guanidine groups is 2. The van der Waals surface area contributed by atoms with Gasteiger partial charge in [0.25, 0.3) is 0 Å². The molecule has 8 bridgehead atoms. The van der Waals surface area contributed by atoms with Gasteiger partial charge in [0.1, 0.15) is 5.92 Å². The number of carbonyl (C=O) groups is 9. The van der Waals surface area contributed by atoms with Crippen molar-refractivity contribution in [3.8, 4) is 0 Å². The summed E-state index contributed by atoms with van der Waals surface area (Å²) in [5.41, 5.74) is 28.9. The molecule has 87 heavy (non-hydrogen) atoms. The van der Waals surface area contributed by atoms with Crippen molar-refractivity contribution in [2.24, 2.45) is 60.2 Å². The minimum absolute atomic E-state index is 0.0134. The number of aliphatic carboxylic acids is 2. The van der Waals surface area contributed by atoms with Gasteiger partial charge in [-0.3, -0.25) is 58.3 Å². The molecule has 2 aromatic heterocycles. The Morgan fingerprint density at radius 2 is 1.43 bits per heavy atom. The summed E-state index contributed by atoms with van der Waals surface area (Å²) < 4.78 is 15.6. The van der Waals surface area contributed by atoms with Gasteiger partial charge in [-0.05, 0) is 118 Å². The molecule has 14 N–H and O–H groups in total. The molecule has 5 heterocycles. The van der Waals surface area contributed by atoms with Crippen molar-refractivity contribution in [3.63, 3.8) is 0 Å². The lowest BCUT2D eigenvalue weighted by Crippen LogP contribution is -2.44. The lowest BCUT2D eigenvalue weighted by Gasteiger charge is -2.37. The number of aromatic nitrogens is 2. The molecule has 2 amide bonds. The number of hydrogen-bond donors (Lipinski definition) is 10. The number of H-pyrrole nitrogens is 2. The van der Waals surface area contributed by atoms with E-state index in [0.717, 1.165) is 39.1 Å². The Hall–Kier alpha value is -9.49. The van der Waals surface area contributed by atoms with Crippen molar-refractivity contribution < 1.29 is 67.6 Å². The van der Waals surface area contributed by atoms with E-state index in [1.807, 2.05) is 45.9 Å². The van der Waals surface area contributed by atoms with Crippen molar-refractivity contribution in [1.29, 1.82) is 0 Å².